The van der Waals surface area contributed by atoms with Crippen LogP contribution < -0.4 is 5.32 Å². The van der Waals surface area contributed by atoms with Crippen molar-refractivity contribution in [2.75, 3.05) is 6.54 Å². The molecule has 0 amide bonds. The number of H-pyrrole nitrogens is 1. The van der Waals surface area contributed by atoms with Crippen LogP contribution in [0.2, 0.25) is 0 Å². The summed E-state index contributed by atoms with van der Waals surface area (Å²) in [5, 5.41) is 21.1. The highest BCUT2D eigenvalue weighted by Crippen LogP contribution is 2.33. The summed E-state index contributed by atoms with van der Waals surface area (Å²) in [4.78, 5) is 24.8. The number of nitrogens with one attached hydrogen (secondary N) is 2. The van der Waals surface area contributed by atoms with Gasteiger partial charge in [0.05, 0.1) is 11.3 Å². The maximum atomic E-state index is 11.2. The van der Waals surface area contributed by atoms with Crippen LogP contribution in [-0.2, 0) is 10.2 Å². The van der Waals surface area contributed by atoms with Crippen molar-refractivity contribution in [2.24, 2.45) is 0 Å². The van der Waals surface area contributed by atoms with Crippen molar-refractivity contribution < 1.29 is 19.8 Å². The predicted molar refractivity (Wildman–Crippen MR) is 64.4 cm³/mol. The lowest BCUT2D eigenvalue weighted by Crippen LogP contribution is -2.29. The van der Waals surface area contributed by atoms with Gasteiger partial charge in [-0.05, 0) is 11.6 Å². The molecule has 6 nitrogen and oxygen atoms in total. The van der Waals surface area contributed by atoms with Crippen LogP contribution in [0.4, 0.5) is 0 Å². The second-order valence-electron chi connectivity index (χ2n) is 4.90. The molecule has 0 atom stereocenters. The van der Waals surface area contributed by atoms with Gasteiger partial charge in [0.25, 0.3) is 0 Å². The second-order valence-corrected chi connectivity index (χ2v) is 4.90. The standard InChI is InChI=1S/C12H14N2O4/c1-12(2)5-13-4-6(10(15)16)9-7(12)3-8(14-9)11(17)18/h3-4,13-14H,5H2,1-2H3,(H,15,16)(H,17,18). The zero-order valence-electron chi connectivity index (χ0n) is 10.1. The van der Waals surface area contributed by atoms with Crippen LogP contribution in [0.5, 0.6) is 0 Å². The number of aliphatic carboxylic acids is 1. The quantitative estimate of drug-likeness (QED) is 0.627. The fourth-order valence-electron chi connectivity index (χ4n) is 2.06. The fourth-order valence-corrected chi connectivity index (χ4v) is 2.06. The van der Waals surface area contributed by atoms with Gasteiger partial charge in [-0.1, -0.05) is 13.8 Å². The van der Waals surface area contributed by atoms with E-state index >= 15 is 0 Å². The van der Waals surface area contributed by atoms with Crippen molar-refractivity contribution in [3.63, 3.8) is 0 Å². The number of carboxylic acid groups (broad SMARTS) is 2. The molecule has 0 radical (unpaired) electrons. The highest BCUT2D eigenvalue weighted by Gasteiger charge is 2.32. The second kappa shape index (κ2) is 3.90. The van der Waals surface area contributed by atoms with E-state index in [0.717, 1.165) is 0 Å². The number of carbonyl (C=O) groups is 2. The minimum Gasteiger partial charge on any atom is -0.478 e. The van der Waals surface area contributed by atoms with E-state index in [1.807, 2.05) is 13.8 Å². The van der Waals surface area contributed by atoms with Crippen LogP contribution in [0.3, 0.4) is 0 Å². The number of aromatic carboxylic acids is 1. The molecule has 0 spiro atoms. The van der Waals surface area contributed by atoms with Gasteiger partial charge in [0.15, 0.2) is 0 Å². The normalized spacial score (nSPS) is 17.1. The molecule has 96 valence electrons. The first kappa shape index (κ1) is 12.2. The van der Waals surface area contributed by atoms with Crippen LogP contribution in [0.25, 0.3) is 5.57 Å². The Bertz CT molecular complexity index is 554. The summed E-state index contributed by atoms with van der Waals surface area (Å²) in [6.45, 7) is 4.39. The van der Waals surface area contributed by atoms with Crippen molar-refractivity contribution in [1.82, 2.24) is 10.3 Å². The smallest absolute Gasteiger partial charge is 0.352 e. The Hall–Kier alpha value is -2.24. The lowest BCUT2D eigenvalue weighted by atomic mass is 9.84. The summed E-state index contributed by atoms with van der Waals surface area (Å²) in [5.74, 6) is -2.20. The summed E-state index contributed by atoms with van der Waals surface area (Å²) in [6, 6.07) is 1.50. The summed E-state index contributed by atoms with van der Waals surface area (Å²) >= 11 is 0. The van der Waals surface area contributed by atoms with E-state index in [4.69, 9.17) is 10.2 Å². The molecule has 1 aliphatic heterocycles. The maximum Gasteiger partial charge on any atom is 0.352 e. The van der Waals surface area contributed by atoms with Gasteiger partial charge in [-0.3, -0.25) is 0 Å². The van der Waals surface area contributed by atoms with Gasteiger partial charge in [0.1, 0.15) is 5.69 Å². The van der Waals surface area contributed by atoms with Gasteiger partial charge in [0, 0.05) is 18.2 Å². The van der Waals surface area contributed by atoms with Crippen LogP contribution in [0.1, 0.15) is 35.6 Å². The molecule has 0 aromatic carbocycles. The molecule has 18 heavy (non-hydrogen) atoms. The number of aromatic nitrogens is 1. The average Bonchev–Trinajstić information content (AvgIpc) is 2.64. The number of carboxylic acids is 2. The minimum absolute atomic E-state index is 0.00197. The summed E-state index contributed by atoms with van der Waals surface area (Å²) in [7, 11) is 0. The number of rotatable bonds is 2. The Balaban J connectivity index is 2.66. The maximum absolute atomic E-state index is 11.2. The monoisotopic (exact) mass is 250 g/mol. The molecule has 6 heteroatoms. The molecule has 0 saturated heterocycles. The third kappa shape index (κ3) is 1.85. The first-order chi connectivity index (χ1) is 8.33. The first-order valence-corrected chi connectivity index (χ1v) is 5.47. The van der Waals surface area contributed by atoms with Crippen molar-refractivity contribution in [3.8, 4) is 0 Å². The Kier molecular flexibility index (Phi) is 2.65. The van der Waals surface area contributed by atoms with Crippen LogP contribution in [0, 0.1) is 0 Å². The number of hydrogen-bond donors (Lipinski definition) is 4. The molecule has 0 fully saturated rings. The van der Waals surface area contributed by atoms with Gasteiger partial charge in [0.2, 0.25) is 0 Å². The zero-order chi connectivity index (χ0) is 13.5. The van der Waals surface area contributed by atoms with Crippen LogP contribution in [-0.4, -0.2) is 33.7 Å². The van der Waals surface area contributed by atoms with Crippen molar-refractivity contribution in [3.05, 3.63) is 29.2 Å². The largest absolute Gasteiger partial charge is 0.478 e. The van der Waals surface area contributed by atoms with E-state index in [1.165, 1.54) is 12.3 Å². The number of aromatic amines is 1. The Morgan fingerprint density at radius 1 is 1.28 bits per heavy atom. The Morgan fingerprint density at radius 2 is 1.94 bits per heavy atom. The van der Waals surface area contributed by atoms with Gasteiger partial charge in [-0.2, -0.15) is 0 Å². The first-order valence-electron chi connectivity index (χ1n) is 5.47. The van der Waals surface area contributed by atoms with Gasteiger partial charge in [-0.25, -0.2) is 9.59 Å². The van der Waals surface area contributed by atoms with Crippen LogP contribution in [0.15, 0.2) is 12.3 Å². The molecule has 2 rings (SSSR count). The summed E-state index contributed by atoms with van der Waals surface area (Å²) in [6.07, 6.45) is 1.40. The SMILES string of the molecule is CC1(C)CNC=C(C(=O)O)c2[nH]c(C(=O)O)cc21. The Labute approximate surface area is 103 Å². The topological polar surface area (TPSA) is 102 Å². The van der Waals surface area contributed by atoms with Crippen molar-refractivity contribution in [2.45, 2.75) is 19.3 Å². The minimum atomic E-state index is -1.10. The fraction of sp³-hybridized carbons (Fsp3) is 0.333. The van der Waals surface area contributed by atoms with E-state index in [1.54, 1.807) is 0 Å². The van der Waals surface area contributed by atoms with Gasteiger partial charge in [-0.15, -0.1) is 0 Å². The molecular weight excluding hydrogens is 236 g/mol. The summed E-state index contributed by atoms with van der Waals surface area (Å²) in [5.41, 5.74) is 0.742. The molecule has 0 saturated carbocycles. The van der Waals surface area contributed by atoms with Gasteiger partial charge >= 0.3 is 11.9 Å². The van der Waals surface area contributed by atoms with E-state index < -0.39 is 11.9 Å². The lowest BCUT2D eigenvalue weighted by Gasteiger charge is -2.23. The molecule has 1 aliphatic rings. The average molecular weight is 250 g/mol. The lowest BCUT2D eigenvalue weighted by molar-refractivity contribution is -0.130. The zero-order valence-corrected chi connectivity index (χ0v) is 10.1. The third-order valence-electron chi connectivity index (χ3n) is 3.07. The van der Waals surface area contributed by atoms with Crippen molar-refractivity contribution in [1.29, 1.82) is 0 Å². The van der Waals surface area contributed by atoms with Gasteiger partial charge < -0.3 is 20.5 Å². The highest BCUT2D eigenvalue weighted by molar-refractivity contribution is 6.15. The molecular formula is C12H14N2O4. The van der Waals surface area contributed by atoms with E-state index in [2.05, 4.69) is 10.3 Å². The van der Waals surface area contributed by atoms with E-state index in [0.29, 0.717) is 17.8 Å². The molecule has 1 aromatic rings. The van der Waals surface area contributed by atoms with Crippen LogP contribution >= 0.6 is 0 Å². The van der Waals surface area contributed by atoms with E-state index in [9.17, 15) is 9.59 Å². The molecule has 1 aromatic heterocycles. The van der Waals surface area contributed by atoms with E-state index in [-0.39, 0.29) is 16.7 Å². The third-order valence-corrected chi connectivity index (χ3v) is 3.07. The number of hydrogen-bond acceptors (Lipinski definition) is 3. The number of fused-ring (bicyclic) bond motifs is 1. The summed E-state index contributed by atoms with van der Waals surface area (Å²) < 4.78 is 0. The van der Waals surface area contributed by atoms with Crippen molar-refractivity contribution >= 4 is 17.5 Å². The molecule has 0 bridgehead atoms. The Morgan fingerprint density at radius 3 is 2.50 bits per heavy atom. The molecule has 0 aliphatic carbocycles. The predicted octanol–water partition coefficient (Wildman–Crippen LogP) is 1.02. The molecule has 0 unspecified atom stereocenters. The highest BCUT2D eigenvalue weighted by atomic mass is 16.4. The molecule has 4 N–H and O–H groups in total. The molecule has 2 heterocycles.